The van der Waals surface area contributed by atoms with E-state index in [4.69, 9.17) is 9.47 Å². The minimum absolute atomic E-state index is 0.301. The van der Waals surface area contributed by atoms with Crippen molar-refractivity contribution in [2.75, 3.05) is 6.61 Å². The topological polar surface area (TPSA) is 92.8 Å². The van der Waals surface area contributed by atoms with E-state index in [9.17, 15) is 9.59 Å². The van der Waals surface area contributed by atoms with Gasteiger partial charge < -0.3 is 14.5 Å². The number of aromatic amines is 1. The van der Waals surface area contributed by atoms with E-state index < -0.39 is 5.97 Å². The zero-order valence-electron chi connectivity index (χ0n) is 21.9. The van der Waals surface area contributed by atoms with Gasteiger partial charge in [0.25, 0.3) is 5.91 Å². The summed E-state index contributed by atoms with van der Waals surface area (Å²) in [4.78, 5) is 29.2. The highest BCUT2D eigenvalue weighted by Crippen LogP contribution is 2.34. The molecule has 8 heteroatoms. The van der Waals surface area contributed by atoms with Crippen LogP contribution in [0.4, 0.5) is 0 Å². The van der Waals surface area contributed by atoms with Crippen LogP contribution in [0.2, 0.25) is 0 Å². The van der Waals surface area contributed by atoms with Crippen LogP contribution in [-0.4, -0.2) is 29.7 Å². The van der Waals surface area contributed by atoms with E-state index in [0.29, 0.717) is 34.9 Å². The Bertz CT molecular complexity index is 1730. The number of hydrogen-bond donors (Lipinski definition) is 2. The second-order valence-electron chi connectivity index (χ2n) is 9.00. The molecule has 5 aromatic rings. The molecule has 1 aromatic heterocycles. The van der Waals surface area contributed by atoms with E-state index in [-0.39, 0.29) is 5.91 Å². The lowest BCUT2D eigenvalue weighted by Gasteiger charge is -2.11. The Balaban J connectivity index is 1.36. The van der Waals surface area contributed by atoms with Crippen LogP contribution < -0.4 is 14.9 Å². The van der Waals surface area contributed by atoms with Gasteiger partial charge >= 0.3 is 5.97 Å². The number of carbonyl (C=O) groups excluding carboxylic acids is 2. The van der Waals surface area contributed by atoms with Crippen molar-refractivity contribution in [3.63, 3.8) is 0 Å². The lowest BCUT2D eigenvalue weighted by molar-refractivity contribution is 0.0728. The van der Waals surface area contributed by atoms with Crippen LogP contribution in [0.5, 0.6) is 11.5 Å². The zero-order chi connectivity index (χ0) is 28.1. The van der Waals surface area contributed by atoms with E-state index in [1.54, 1.807) is 30.3 Å². The lowest BCUT2D eigenvalue weighted by Crippen LogP contribution is -2.19. The normalized spacial score (nSPS) is 11.1. The molecule has 1 heterocycles. The molecule has 0 atom stereocenters. The van der Waals surface area contributed by atoms with Gasteiger partial charge in [0.1, 0.15) is 5.69 Å². The Kier molecular flexibility index (Phi) is 8.26. The fourth-order valence-corrected chi connectivity index (χ4v) is 5.00. The molecule has 2 N–H and O–H groups in total. The fourth-order valence-electron chi connectivity index (χ4n) is 4.37. The number of carbonyl (C=O) groups is 2. The van der Waals surface area contributed by atoms with Crippen molar-refractivity contribution in [3.8, 4) is 22.6 Å². The molecule has 0 saturated carbocycles. The minimum Gasteiger partial charge on any atom is -0.490 e. The van der Waals surface area contributed by atoms with Crippen molar-refractivity contribution >= 4 is 51.6 Å². The molecule has 0 aliphatic rings. The molecular weight excluding hydrogens is 617 g/mol. The number of fused-ring (bicyclic) bond motifs is 1. The Hall–Kier alpha value is -4.44. The number of nitrogens with zero attached hydrogens (tertiary/aromatic N) is 1. The maximum Gasteiger partial charge on any atom is 0.343 e. The number of nitrogens with one attached hydrogen (secondary N) is 2. The first-order chi connectivity index (χ1) is 19.4. The highest BCUT2D eigenvalue weighted by atomic mass is 127. The molecule has 0 spiro atoms. The Morgan fingerprint density at radius 2 is 1.75 bits per heavy atom. The van der Waals surface area contributed by atoms with Gasteiger partial charge in [0.15, 0.2) is 11.5 Å². The predicted molar refractivity (Wildman–Crippen MR) is 165 cm³/mol. The largest absolute Gasteiger partial charge is 0.490 e. The van der Waals surface area contributed by atoms with Crippen molar-refractivity contribution in [1.82, 2.24) is 10.4 Å². The van der Waals surface area contributed by atoms with E-state index in [1.807, 2.05) is 74.5 Å². The van der Waals surface area contributed by atoms with Gasteiger partial charge in [0.05, 0.1) is 23.9 Å². The first-order valence-corrected chi connectivity index (χ1v) is 13.8. The average Bonchev–Trinajstić information content (AvgIpc) is 3.36. The van der Waals surface area contributed by atoms with Crippen LogP contribution in [0.25, 0.3) is 22.0 Å². The lowest BCUT2D eigenvalue weighted by atomic mass is 10.0. The molecule has 0 bridgehead atoms. The summed E-state index contributed by atoms with van der Waals surface area (Å²) in [6.07, 6.45) is 1.52. The van der Waals surface area contributed by atoms with E-state index in [0.717, 1.165) is 31.2 Å². The highest BCUT2D eigenvalue weighted by Gasteiger charge is 2.20. The smallest absolute Gasteiger partial charge is 0.343 e. The maximum atomic E-state index is 13.3. The van der Waals surface area contributed by atoms with Gasteiger partial charge in [-0.1, -0.05) is 60.2 Å². The molecule has 0 aliphatic heterocycles. The molecule has 5 rings (SSSR count). The number of aryl methyl sites for hydroxylation is 1. The summed E-state index contributed by atoms with van der Waals surface area (Å²) in [5.74, 6) is -0.138. The number of ether oxygens (including phenoxy) is 2. The molecule has 4 aromatic carbocycles. The van der Waals surface area contributed by atoms with Crippen molar-refractivity contribution in [3.05, 3.63) is 117 Å². The number of rotatable bonds is 8. The number of benzene rings is 4. The maximum absolute atomic E-state index is 13.3. The van der Waals surface area contributed by atoms with E-state index in [1.165, 1.54) is 6.21 Å². The third-order valence-corrected chi connectivity index (χ3v) is 7.08. The molecule has 0 aliphatic carbocycles. The monoisotopic (exact) mass is 643 g/mol. The van der Waals surface area contributed by atoms with Gasteiger partial charge in [0, 0.05) is 14.5 Å². The minimum atomic E-state index is -0.472. The molecular formula is C32H26IN3O4. The van der Waals surface area contributed by atoms with Crippen LogP contribution in [0.3, 0.4) is 0 Å². The third-order valence-electron chi connectivity index (χ3n) is 6.18. The van der Waals surface area contributed by atoms with Gasteiger partial charge in [-0.15, -0.1) is 0 Å². The number of aromatic nitrogens is 1. The number of halogens is 1. The first-order valence-electron chi connectivity index (χ1n) is 12.7. The van der Waals surface area contributed by atoms with Gasteiger partial charge in [0.2, 0.25) is 0 Å². The molecule has 40 heavy (non-hydrogen) atoms. The summed E-state index contributed by atoms with van der Waals surface area (Å²) in [5.41, 5.74) is 7.79. The van der Waals surface area contributed by atoms with Crippen LogP contribution in [0, 0.1) is 10.5 Å². The summed E-state index contributed by atoms with van der Waals surface area (Å²) in [6, 6.07) is 28.0. The second kappa shape index (κ2) is 12.2. The molecule has 0 radical (unpaired) electrons. The third kappa shape index (κ3) is 5.91. The molecule has 0 unspecified atom stereocenters. The van der Waals surface area contributed by atoms with Crippen molar-refractivity contribution < 1.29 is 19.1 Å². The molecule has 200 valence electrons. The Morgan fingerprint density at radius 1 is 0.950 bits per heavy atom. The molecule has 0 fully saturated rings. The summed E-state index contributed by atoms with van der Waals surface area (Å²) in [5, 5.41) is 5.15. The second-order valence-corrected chi connectivity index (χ2v) is 10.2. The zero-order valence-corrected chi connectivity index (χ0v) is 24.1. The number of esters is 1. The molecule has 7 nitrogen and oxygen atoms in total. The van der Waals surface area contributed by atoms with E-state index >= 15 is 0 Å². The molecule has 1 amide bonds. The van der Waals surface area contributed by atoms with Crippen molar-refractivity contribution in [1.29, 1.82) is 0 Å². The van der Waals surface area contributed by atoms with Crippen molar-refractivity contribution in [2.24, 2.45) is 5.10 Å². The standard InChI is InChI=1S/C32H26IN3O4/c1-3-39-27-18-21(15-16-26(27)40-32(38)23-12-7-9-20(2)17-23)19-34-36-31(37)30-28(22-10-5-4-6-11-22)24-13-8-14-25(33)29(24)35-30/h4-19,35H,3H2,1-2H3,(H,36,37). The summed E-state index contributed by atoms with van der Waals surface area (Å²) >= 11 is 2.26. The summed E-state index contributed by atoms with van der Waals surface area (Å²) in [6.45, 7) is 4.14. The number of hydrogen-bond acceptors (Lipinski definition) is 5. The average molecular weight is 643 g/mol. The van der Waals surface area contributed by atoms with Gasteiger partial charge in [-0.25, -0.2) is 10.2 Å². The quantitative estimate of drug-likeness (QED) is 0.0619. The summed E-state index contributed by atoms with van der Waals surface area (Å²) in [7, 11) is 0. The van der Waals surface area contributed by atoms with Crippen LogP contribution >= 0.6 is 22.6 Å². The number of amides is 1. The molecule has 0 saturated heterocycles. The Labute approximate surface area is 245 Å². The van der Waals surface area contributed by atoms with Crippen LogP contribution in [0.15, 0.2) is 96.1 Å². The van der Waals surface area contributed by atoms with Gasteiger partial charge in [-0.05, 0) is 84.0 Å². The SMILES string of the molecule is CCOc1cc(C=NNC(=O)c2[nH]c3c(I)cccc3c2-c2ccccc2)ccc1OC(=O)c1cccc(C)c1. The highest BCUT2D eigenvalue weighted by molar-refractivity contribution is 14.1. The number of para-hydroxylation sites is 1. The summed E-state index contributed by atoms with van der Waals surface area (Å²) < 4.78 is 12.3. The van der Waals surface area contributed by atoms with Crippen LogP contribution in [-0.2, 0) is 0 Å². The van der Waals surface area contributed by atoms with Gasteiger partial charge in [-0.3, -0.25) is 4.79 Å². The number of H-pyrrole nitrogens is 1. The Morgan fingerprint density at radius 3 is 2.52 bits per heavy atom. The first kappa shape index (κ1) is 27.1. The van der Waals surface area contributed by atoms with Crippen LogP contribution in [0.1, 0.15) is 38.9 Å². The van der Waals surface area contributed by atoms with E-state index in [2.05, 4.69) is 38.1 Å². The number of hydrazone groups is 1. The predicted octanol–water partition coefficient (Wildman–Crippen LogP) is 7.13. The van der Waals surface area contributed by atoms with Crippen molar-refractivity contribution in [2.45, 2.75) is 13.8 Å². The fraction of sp³-hybridized carbons (Fsp3) is 0.0938. The van der Waals surface area contributed by atoms with Gasteiger partial charge in [-0.2, -0.15) is 5.10 Å².